The van der Waals surface area contributed by atoms with Gasteiger partial charge in [-0.1, -0.05) is 51.3 Å². The van der Waals surface area contributed by atoms with Gasteiger partial charge in [-0.25, -0.2) is 4.79 Å². The molecule has 0 aliphatic carbocycles. The van der Waals surface area contributed by atoms with E-state index in [1.54, 1.807) is 24.3 Å². The number of unbranched alkanes of at least 4 members (excludes halogenated alkanes) is 4. The molecule has 1 aromatic rings. The zero-order chi connectivity index (χ0) is 15.5. The van der Waals surface area contributed by atoms with Gasteiger partial charge in [-0.05, 0) is 18.6 Å². The van der Waals surface area contributed by atoms with Crippen LogP contribution >= 0.6 is 0 Å². The van der Waals surface area contributed by atoms with Gasteiger partial charge in [0.1, 0.15) is 0 Å². The topological polar surface area (TPSA) is 52.6 Å². The molecule has 1 rings (SSSR count). The Bertz CT molecular complexity index is 479. The molecule has 0 heterocycles. The molecule has 4 nitrogen and oxygen atoms in total. The van der Waals surface area contributed by atoms with Crippen LogP contribution in [-0.2, 0) is 9.59 Å². The maximum Gasteiger partial charge on any atom is 0.335 e. The molecule has 114 valence electrons. The van der Waals surface area contributed by atoms with Gasteiger partial charge in [-0.3, -0.25) is 4.79 Å². The third-order valence-corrected chi connectivity index (χ3v) is 2.93. The zero-order valence-corrected chi connectivity index (χ0v) is 12.5. The third kappa shape index (κ3) is 6.75. The van der Waals surface area contributed by atoms with E-state index in [1.165, 1.54) is 12.8 Å². The average Bonchev–Trinajstić information content (AvgIpc) is 2.49. The fraction of sp³-hybridized carbons (Fsp3) is 0.412. The van der Waals surface area contributed by atoms with Crippen LogP contribution in [0.15, 0.2) is 36.9 Å². The zero-order valence-electron chi connectivity index (χ0n) is 12.5. The van der Waals surface area contributed by atoms with Crippen LogP contribution in [0.3, 0.4) is 0 Å². The Morgan fingerprint density at radius 2 is 1.67 bits per heavy atom. The summed E-state index contributed by atoms with van der Waals surface area (Å²) in [6.45, 7) is 5.48. The van der Waals surface area contributed by atoms with E-state index in [-0.39, 0.29) is 17.5 Å². The summed E-state index contributed by atoms with van der Waals surface area (Å²) in [6, 6.07) is 6.59. The molecule has 0 unspecified atom stereocenters. The first-order chi connectivity index (χ1) is 10.2. The molecule has 4 heteroatoms. The number of benzene rings is 1. The Morgan fingerprint density at radius 1 is 1.05 bits per heavy atom. The van der Waals surface area contributed by atoms with E-state index in [0.717, 1.165) is 25.3 Å². The predicted molar refractivity (Wildman–Crippen MR) is 81.3 cm³/mol. The van der Waals surface area contributed by atoms with Gasteiger partial charge in [0.2, 0.25) is 0 Å². The first kappa shape index (κ1) is 17.0. The Labute approximate surface area is 125 Å². The molecule has 1 aromatic carbocycles. The van der Waals surface area contributed by atoms with E-state index in [1.807, 2.05) is 0 Å². The number of hydrogen-bond acceptors (Lipinski definition) is 4. The van der Waals surface area contributed by atoms with E-state index in [9.17, 15) is 9.59 Å². The van der Waals surface area contributed by atoms with Crippen LogP contribution in [0.25, 0.3) is 0 Å². The first-order valence-electron chi connectivity index (χ1n) is 7.31. The van der Waals surface area contributed by atoms with Crippen molar-refractivity contribution in [1.82, 2.24) is 0 Å². The van der Waals surface area contributed by atoms with Crippen molar-refractivity contribution in [2.75, 3.05) is 0 Å². The van der Waals surface area contributed by atoms with Crippen LogP contribution in [0.2, 0.25) is 0 Å². The molecule has 0 bridgehead atoms. The number of carbonyl (C=O) groups is 2. The van der Waals surface area contributed by atoms with Gasteiger partial charge < -0.3 is 9.47 Å². The number of para-hydroxylation sites is 2. The minimum Gasteiger partial charge on any atom is -0.423 e. The van der Waals surface area contributed by atoms with Gasteiger partial charge >= 0.3 is 11.9 Å². The maximum atomic E-state index is 11.8. The maximum absolute atomic E-state index is 11.8. The standard InChI is InChI=1S/C17H22O4/c1-3-5-6-7-8-13-17(19)21-15-12-10-9-11-14(15)20-16(18)4-2/h4,9-12H,2-3,5-8,13H2,1H3. The molecule has 0 saturated carbocycles. The minimum absolute atomic E-state index is 0.224. The number of ether oxygens (including phenoxy) is 2. The number of rotatable bonds is 9. The second-order valence-corrected chi connectivity index (χ2v) is 4.71. The molecule has 0 fully saturated rings. The van der Waals surface area contributed by atoms with Gasteiger partial charge in [0.25, 0.3) is 0 Å². The molecule has 0 aliphatic heterocycles. The fourth-order valence-corrected chi connectivity index (χ4v) is 1.82. The summed E-state index contributed by atoms with van der Waals surface area (Å²) >= 11 is 0. The van der Waals surface area contributed by atoms with Crippen molar-refractivity contribution in [2.24, 2.45) is 0 Å². The summed E-state index contributed by atoms with van der Waals surface area (Å²) in [5.74, 6) is -0.417. The van der Waals surface area contributed by atoms with E-state index >= 15 is 0 Å². The summed E-state index contributed by atoms with van der Waals surface area (Å²) in [5.41, 5.74) is 0. The van der Waals surface area contributed by atoms with Crippen molar-refractivity contribution in [3.05, 3.63) is 36.9 Å². The summed E-state index contributed by atoms with van der Waals surface area (Å²) in [6.07, 6.45) is 6.77. The van der Waals surface area contributed by atoms with Crippen LogP contribution in [0, 0.1) is 0 Å². The number of hydrogen-bond donors (Lipinski definition) is 0. The highest BCUT2D eigenvalue weighted by Gasteiger charge is 2.11. The molecular formula is C17H22O4. The molecule has 0 aliphatic rings. The van der Waals surface area contributed by atoms with Crippen molar-refractivity contribution in [3.8, 4) is 11.5 Å². The van der Waals surface area contributed by atoms with Crippen molar-refractivity contribution in [2.45, 2.75) is 45.4 Å². The normalized spacial score (nSPS) is 9.95. The Kier molecular flexibility index (Phi) is 7.87. The molecular weight excluding hydrogens is 268 g/mol. The second kappa shape index (κ2) is 9.75. The number of esters is 2. The van der Waals surface area contributed by atoms with E-state index in [0.29, 0.717) is 6.42 Å². The molecule has 0 amide bonds. The highest BCUT2D eigenvalue weighted by atomic mass is 16.6. The van der Waals surface area contributed by atoms with E-state index < -0.39 is 5.97 Å². The van der Waals surface area contributed by atoms with Gasteiger partial charge in [-0.15, -0.1) is 0 Å². The number of carbonyl (C=O) groups excluding carboxylic acids is 2. The van der Waals surface area contributed by atoms with Crippen LogP contribution in [0.5, 0.6) is 11.5 Å². The fourth-order valence-electron chi connectivity index (χ4n) is 1.82. The Hall–Kier alpha value is -2.10. The van der Waals surface area contributed by atoms with Gasteiger partial charge in [0, 0.05) is 12.5 Å². The molecule has 0 N–H and O–H groups in total. The highest BCUT2D eigenvalue weighted by molar-refractivity contribution is 5.84. The van der Waals surface area contributed by atoms with Gasteiger partial charge in [0.05, 0.1) is 0 Å². The minimum atomic E-state index is -0.585. The predicted octanol–water partition coefficient (Wildman–Crippen LogP) is 4.04. The average molecular weight is 290 g/mol. The Balaban J connectivity index is 2.48. The lowest BCUT2D eigenvalue weighted by Gasteiger charge is -2.09. The molecule has 21 heavy (non-hydrogen) atoms. The van der Waals surface area contributed by atoms with Crippen LogP contribution in [0.4, 0.5) is 0 Å². The molecule has 0 atom stereocenters. The largest absolute Gasteiger partial charge is 0.423 e. The second-order valence-electron chi connectivity index (χ2n) is 4.71. The first-order valence-corrected chi connectivity index (χ1v) is 7.31. The SMILES string of the molecule is C=CC(=O)Oc1ccccc1OC(=O)CCCCCCC. The van der Waals surface area contributed by atoms with Crippen LogP contribution in [0.1, 0.15) is 45.4 Å². The van der Waals surface area contributed by atoms with Gasteiger partial charge in [-0.2, -0.15) is 0 Å². The third-order valence-electron chi connectivity index (χ3n) is 2.93. The van der Waals surface area contributed by atoms with Gasteiger partial charge in [0.15, 0.2) is 11.5 Å². The quantitative estimate of drug-likeness (QED) is 0.298. The van der Waals surface area contributed by atoms with E-state index in [2.05, 4.69) is 13.5 Å². The summed E-state index contributed by atoms with van der Waals surface area (Å²) in [5, 5.41) is 0. The lowest BCUT2D eigenvalue weighted by Crippen LogP contribution is -2.10. The Morgan fingerprint density at radius 3 is 2.29 bits per heavy atom. The monoisotopic (exact) mass is 290 g/mol. The molecule has 0 spiro atoms. The van der Waals surface area contributed by atoms with Crippen LogP contribution < -0.4 is 9.47 Å². The van der Waals surface area contributed by atoms with E-state index in [4.69, 9.17) is 9.47 Å². The summed E-state index contributed by atoms with van der Waals surface area (Å²) in [4.78, 5) is 23.0. The molecule has 0 aromatic heterocycles. The lowest BCUT2D eigenvalue weighted by atomic mass is 10.1. The van der Waals surface area contributed by atoms with Crippen molar-refractivity contribution in [1.29, 1.82) is 0 Å². The van der Waals surface area contributed by atoms with Crippen molar-refractivity contribution >= 4 is 11.9 Å². The highest BCUT2D eigenvalue weighted by Crippen LogP contribution is 2.27. The smallest absolute Gasteiger partial charge is 0.335 e. The summed E-state index contributed by atoms with van der Waals surface area (Å²) < 4.78 is 10.3. The van der Waals surface area contributed by atoms with Crippen molar-refractivity contribution in [3.63, 3.8) is 0 Å². The lowest BCUT2D eigenvalue weighted by molar-refractivity contribution is -0.135. The summed E-state index contributed by atoms with van der Waals surface area (Å²) in [7, 11) is 0. The van der Waals surface area contributed by atoms with Crippen LogP contribution in [-0.4, -0.2) is 11.9 Å². The molecule has 0 saturated heterocycles. The molecule has 0 radical (unpaired) electrons. The van der Waals surface area contributed by atoms with Crippen molar-refractivity contribution < 1.29 is 19.1 Å².